The number of nitrogens with zero attached hydrogens (tertiary/aromatic N) is 1. The molecule has 82 valence electrons. The predicted octanol–water partition coefficient (Wildman–Crippen LogP) is 1.80. The van der Waals surface area contributed by atoms with E-state index in [0.29, 0.717) is 6.07 Å². The van der Waals surface area contributed by atoms with Crippen molar-refractivity contribution >= 4 is 25.4 Å². The van der Waals surface area contributed by atoms with Crippen LogP contribution in [0.3, 0.4) is 0 Å². The van der Waals surface area contributed by atoms with Crippen molar-refractivity contribution < 1.29 is 17.7 Å². The van der Waals surface area contributed by atoms with Crippen LogP contribution in [0.1, 0.15) is 5.56 Å². The third-order valence-electron chi connectivity index (χ3n) is 1.57. The Morgan fingerprint density at radius 3 is 2.53 bits per heavy atom. The molecule has 0 bridgehead atoms. The van der Waals surface area contributed by atoms with Crippen LogP contribution >= 0.6 is 10.7 Å². The summed E-state index contributed by atoms with van der Waals surface area (Å²) < 4.78 is 34.1. The largest absolute Gasteiger partial charge is 0.276 e. The lowest BCUT2D eigenvalue weighted by molar-refractivity contribution is -0.385. The molecule has 8 heteroatoms. The summed E-state index contributed by atoms with van der Waals surface area (Å²) in [5.74, 6) is -1.51. The van der Waals surface area contributed by atoms with Crippen LogP contribution in [-0.4, -0.2) is 13.3 Å². The minimum atomic E-state index is -3.90. The molecule has 0 spiro atoms. The van der Waals surface area contributed by atoms with Crippen molar-refractivity contribution in [1.29, 1.82) is 0 Å². The van der Waals surface area contributed by atoms with Gasteiger partial charge in [-0.3, -0.25) is 10.1 Å². The van der Waals surface area contributed by atoms with E-state index in [2.05, 4.69) is 0 Å². The van der Waals surface area contributed by atoms with Gasteiger partial charge in [0.2, 0.25) is 9.05 Å². The first-order valence-electron chi connectivity index (χ1n) is 3.65. The van der Waals surface area contributed by atoms with E-state index in [4.69, 9.17) is 10.7 Å². The van der Waals surface area contributed by atoms with Crippen molar-refractivity contribution in [1.82, 2.24) is 0 Å². The van der Waals surface area contributed by atoms with Gasteiger partial charge < -0.3 is 0 Å². The molecule has 0 saturated carbocycles. The number of nitro benzene ring substituents is 1. The Balaban J connectivity index is 3.24. The average Bonchev–Trinajstić information content (AvgIpc) is 2.05. The van der Waals surface area contributed by atoms with Crippen LogP contribution in [0.2, 0.25) is 0 Å². The van der Waals surface area contributed by atoms with E-state index in [1.165, 1.54) is 0 Å². The number of hydrogen-bond donors (Lipinski definition) is 0. The highest BCUT2D eigenvalue weighted by Gasteiger charge is 2.19. The first kappa shape index (κ1) is 11.9. The van der Waals surface area contributed by atoms with Gasteiger partial charge in [0.15, 0.2) is 0 Å². The second-order valence-electron chi connectivity index (χ2n) is 2.71. The van der Waals surface area contributed by atoms with E-state index in [1.807, 2.05) is 0 Å². The molecule has 1 rings (SSSR count). The molecule has 0 aliphatic rings. The van der Waals surface area contributed by atoms with Crippen molar-refractivity contribution in [2.45, 2.75) is 5.75 Å². The molecule has 15 heavy (non-hydrogen) atoms. The lowest BCUT2D eigenvalue weighted by Gasteiger charge is -2.00. The smallest absolute Gasteiger partial charge is 0.258 e. The van der Waals surface area contributed by atoms with Crippen LogP contribution in [0, 0.1) is 15.9 Å². The maximum atomic E-state index is 12.7. The van der Waals surface area contributed by atoms with Crippen LogP contribution in [0.25, 0.3) is 0 Å². The van der Waals surface area contributed by atoms with Gasteiger partial charge in [0, 0.05) is 16.2 Å². The molecule has 0 heterocycles. The molecule has 0 amide bonds. The van der Waals surface area contributed by atoms with Crippen LogP contribution in [-0.2, 0) is 14.8 Å². The fraction of sp³-hybridized carbons (Fsp3) is 0.143. The van der Waals surface area contributed by atoms with Gasteiger partial charge in [0.25, 0.3) is 5.69 Å². The molecule has 0 aromatic heterocycles. The summed E-state index contributed by atoms with van der Waals surface area (Å²) in [5.41, 5.74) is -0.740. The summed E-state index contributed by atoms with van der Waals surface area (Å²) in [4.78, 5) is 9.60. The fourth-order valence-electron chi connectivity index (χ4n) is 1.01. The number of benzene rings is 1. The Morgan fingerprint density at radius 1 is 1.47 bits per heavy atom. The van der Waals surface area contributed by atoms with Crippen molar-refractivity contribution in [3.63, 3.8) is 0 Å². The lowest BCUT2D eigenvalue weighted by atomic mass is 10.2. The minimum Gasteiger partial charge on any atom is -0.258 e. The van der Waals surface area contributed by atoms with Crippen molar-refractivity contribution in [3.8, 4) is 0 Å². The van der Waals surface area contributed by atoms with Crippen LogP contribution < -0.4 is 0 Å². The molecule has 1 aromatic rings. The number of rotatable bonds is 3. The molecule has 1 aromatic carbocycles. The Kier molecular flexibility index (Phi) is 3.25. The second-order valence-corrected chi connectivity index (χ2v) is 5.49. The molecule has 0 N–H and O–H groups in total. The molecule has 0 fully saturated rings. The zero-order valence-corrected chi connectivity index (χ0v) is 8.76. The SMILES string of the molecule is O=[N+]([O-])c1cc(F)ccc1CS(=O)(=O)Cl. The van der Waals surface area contributed by atoms with Gasteiger partial charge in [-0.15, -0.1) is 0 Å². The molecule has 0 aliphatic heterocycles. The summed E-state index contributed by atoms with van der Waals surface area (Å²) in [5, 5.41) is 10.5. The zero-order chi connectivity index (χ0) is 11.6. The Labute approximate surface area is 89.0 Å². The Morgan fingerprint density at radius 2 is 2.07 bits per heavy atom. The molecule has 0 unspecified atom stereocenters. The lowest BCUT2D eigenvalue weighted by Crippen LogP contribution is -2.01. The summed E-state index contributed by atoms with van der Waals surface area (Å²) in [7, 11) is 1.04. The first-order valence-corrected chi connectivity index (χ1v) is 6.12. The number of hydrogen-bond acceptors (Lipinski definition) is 4. The number of nitro groups is 1. The molecule has 5 nitrogen and oxygen atoms in total. The van der Waals surface area contributed by atoms with Crippen LogP contribution in [0.4, 0.5) is 10.1 Å². The monoisotopic (exact) mass is 253 g/mol. The quantitative estimate of drug-likeness (QED) is 0.467. The summed E-state index contributed by atoms with van der Waals surface area (Å²) in [6.07, 6.45) is 0. The van der Waals surface area contributed by atoms with Crippen LogP contribution in [0.15, 0.2) is 18.2 Å². The third kappa shape index (κ3) is 3.45. The Hall–Kier alpha value is -1.21. The fourth-order valence-corrected chi connectivity index (χ4v) is 1.98. The standard InChI is InChI=1S/C7H5ClFNO4S/c8-15(13,14)4-5-1-2-6(9)3-7(5)10(11)12/h1-3H,4H2. The van der Waals surface area contributed by atoms with Gasteiger partial charge in [0.05, 0.1) is 16.7 Å². The van der Waals surface area contributed by atoms with E-state index in [1.54, 1.807) is 0 Å². The third-order valence-corrected chi connectivity index (χ3v) is 2.56. The van der Waals surface area contributed by atoms with Gasteiger partial charge in [-0.05, 0) is 12.1 Å². The highest BCUT2D eigenvalue weighted by atomic mass is 35.7. The maximum absolute atomic E-state index is 12.7. The van der Waals surface area contributed by atoms with Crippen molar-refractivity contribution in [3.05, 3.63) is 39.7 Å². The van der Waals surface area contributed by atoms with Crippen molar-refractivity contribution in [2.24, 2.45) is 0 Å². The second kappa shape index (κ2) is 4.11. The highest BCUT2D eigenvalue weighted by Crippen LogP contribution is 2.22. The highest BCUT2D eigenvalue weighted by molar-refractivity contribution is 8.13. The van der Waals surface area contributed by atoms with Crippen molar-refractivity contribution in [2.75, 3.05) is 0 Å². The minimum absolute atomic E-state index is 0.142. The van der Waals surface area contributed by atoms with E-state index < -0.39 is 31.2 Å². The summed E-state index contributed by atoms with van der Waals surface area (Å²) >= 11 is 0. The molecule has 0 aliphatic carbocycles. The average molecular weight is 254 g/mol. The molecule has 0 atom stereocenters. The van der Waals surface area contributed by atoms with Crippen LogP contribution in [0.5, 0.6) is 0 Å². The Bertz CT molecular complexity index is 502. The van der Waals surface area contributed by atoms with Gasteiger partial charge in [-0.2, -0.15) is 0 Å². The topological polar surface area (TPSA) is 77.3 Å². The summed E-state index contributed by atoms with van der Waals surface area (Å²) in [6, 6.07) is 2.61. The molecular formula is C7H5ClFNO4S. The maximum Gasteiger partial charge on any atom is 0.276 e. The van der Waals surface area contributed by atoms with Gasteiger partial charge in [-0.25, -0.2) is 12.8 Å². The molecule has 0 radical (unpaired) electrons. The normalized spacial score (nSPS) is 11.3. The number of halogens is 2. The van der Waals surface area contributed by atoms with E-state index in [0.717, 1.165) is 12.1 Å². The van der Waals surface area contributed by atoms with Gasteiger partial charge in [0.1, 0.15) is 5.82 Å². The predicted molar refractivity (Wildman–Crippen MR) is 51.5 cm³/mol. The molecular weight excluding hydrogens is 249 g/mol. The van der Waals surface area contributed by atoms with E-state index in [-0.39, 0.29) is 5.56 Å². The van der Waals surface area contributed by atoms with E-state index >= 15 is 0 Å². The van der Waals surface area contributed by atoms with E-state index in [9.17, 15) is 22.9 Å². The zero-order valence-electron chi connectivity index (χ0n) is 7.18. The van der Waals surface area contributed by atoms with Gasteiger partial charge in [-0.1, -0.05) is 0 Å². The first-order chi connectivity index (χ1) is 6.79. The molecule has 0 saturated heterocycles. The summed E-state index contributed by atoms with van der Waals surface area (Å²) in [6.45, 7) is 0. The van der Waals surface area contributed by atoms with Gasteiger partial charge >= 0.3 is 0 Å².